The molecule has 0 aromatic heterocycles. The molecule has 5 nitrogen and oxygen atoms in total. The van der Waals surface area contributed by atoms with Gasteiger partial charge in [0.2, 0.25) is 10.0 Å². The molecule has 116 valence electrons. The molecule has 0 saturated carbocycles. The van der Waals surface area contributed by atoms with Crippen LogP contribution < -0.4 is 10.0 Å². The maximum Gasteiger partial charge on any atom is 0.240 e. The molecule has 2 rings (SSSR count). The second-order valence-corrected chi connectivity index (χ2v) is 6.49. The number of ketones is 1. The first-order valence-corrected chi connectivity index (χ1v) is 7.96. The molecule has 1 aromatic rings. The summed E-state index contributed by atoms with van der Waals surface area (Å²) in [7, 11) is -3.58. The van der Waals surface area contributed by atoms with E-state index in [-0.39, 0.29) is 23.1 Å². The Morgan fingerprint density at radius 3 is 2.76 bits per heavy atom. The van der Waals surface area contributed by atoms with E-state index < -0.39 is 10.0 Å². The molecule has 7 heteroatoms. The van der Waals surface area contributed by atoms with Crippen LogP contribution in [0.5, 0.6) is 0 Å². The maximum atomic E-state index is 12.2. The van der Waals surface area contributed by atoms with E-state index in [1.54, 1.807) is 12.1 Å². The van der Waals surface area contributed by atoms with Gasteiger partial charge in [0.25, 0.3) is 0 Å². The SMILES string of the molecule is CC(=O)c1cccc(S(=O)(=O)NCC2=CCNCC2)c1.Cl. The summed E-state index contributed by atoms with van der Waals surface area (Å²) in [4.78, 5) is 11.4. The van der Waals surface area contributed by atoms with E-state index >= 15 is 0 Å². The van der Waals surface area contributed by atoms with Crippen molar-refractivity contribution in [3.8, 4) is 0 Å². The van der Waals surface area contributed by atoms with Crippen molar-refractivity contribution >= 4 is 28.2 Å². The predicted molar refractivity (Wildman–Crippen MR) is 84.5 cm³/mol. The number of Topliss-reactive ketones (excluding diaryl/α,β-unsaturated/α-hetero) is 1. The highest BCUT2D eigenvalue weighted by atomic mass is 35.5. The monoisotopic (exact) mass is 330 g/mol. The average molecular weight is 331 g/mol. The van der Waals surface area contributed by atoms with E-state index in [4.69, 9.17) is 0 Å². The van der Waals surface area contributed by atoms with Crippen molar-refractivity contribution in [2.75, 3.05) is 19.6 Å². The highest BCUT2D eigenvalue weighted by Gasteiger charge is 2.16. The molecule has 1 aliphatic heterocycles. The van der Waals surface area contributed by atoms with Crippen LogP contribution >= 0.6 is 12.4 Å². The third-order valence-electron chi connectivity index (χ3n) is 3.20. The van der Waals surface area contributed by atoms with E-state index in [0.717, 1.165) is 25.1 Å². The Morgan fingerprint density at radius 1 is 1.38 bits per heavy atom. The summed E-state index contributed by atoms with van der Waals surface area (Å²) in [5, 5.41) is 3.17. The minimum Gasteiger partial charge on any atom is -0.313 e. The normalized spacial score (nSPS) is 15.0. The Bertz CT molecular complexity index is 641. The lowest BCUT2D eigenvalue weighted by molar-refractivity contribution is 0.101. The van der Waals surface area contributed by atoms with Crippen LogP contribution in [0.4, 0.5) is 0 Å². The van der Waals surface area contributed by atoms with Gasteiger partial charge in [-0.05, 0) is 32.0 Å². The van der Waals surface area contributed by atoms with Crippen molar-refractivity contribution in [1.82, 2.24) is 10.0 Å². The standard InChI is InChI=1S/C14H18N2O3S.ClH/c1-11(17)13-3-2-4-14(9-13)20(18,19)16-10-12-5-7-15-8-6-12;/h2-5,9,15-16H,6-8,10H2,1H3;1H. The fourth-order valence-electron chi connectivity index (χ4n) is 1.98. The summed E-state index contributed by atoms with van der Waals surface area (Å²) >= 11 is 0. The topological polar surface area (TPSA) is 75.3 Å². The first-order valence-electron chi connectivity index (χ1n) is 6.48. The van der Waals surface area contributed by atoms with E-state index in [2.05, 4.69) is 10.0 Å². The third-order valence-corrected chi connectivity index (χ3v) is 4.60. The van der Waals surface area contributed by atoms with Crippen LogP contribution in [0.2, 0.25) is 0 Å². The summed E-state index contributed by atoms with van der Waals surface area (Å²) in [5.41, 5.74) is 1.48. The van der Waals surface area contributed by atoms with Crippen LogP contribution in [0.15, 0.2) is 40.8 Å². The number of halogens is 1. The number of benzene rings is 1. The van der Waals surface area contributed by atoms with Gasteiger partial charge in [0.05, 0.1) is 4.90 Å². The third kappa shape index (κ3) is 4.93. The summed E-state index contributed by atoms with van der Waals surface area (Å²) < 4.78 is 26.9. The zero-order valence-electron chi connectivity index (χ0n) is 11.8. The maximum absolute atomic E-state index is 12.2. The Morgan fingerprint density at radius 2 is 2.14 bits per heavy atom. The van der Waals surface area contributed by atoms with Gasteiger partial charge in [0, 0.05) is 18.7 Å². The Balaban J connectivity index is 0.00000220. The van der Waals surface area contributed by atoms with E-state index in [9.17, 15) is 13.2 Å². The largest absolute Gasteiger partial charge is 0.313 e. The van der Waals surface area contributed by atoms with Gasteiger partial charge in [-0.2, -0.15) is 0 Å². The number of hydrogen-bond donors (Lipinski definition) is 2. The lowest BCUT2D eigenvalue weighted by Crippen LogP contribution is -2.29. The molecule has 1 aliphatic rings. The Kier molecular flexibility index (Phi) is 6.54. The van der Waals surface area contributed by atoms with E-state index in [1.807, 2.05) is 6.08 Å². The van der Waals surface area contributed by atoms with Crippen molar-refractivity contribution in [2.24, 2.45) is 0 Å². The van der Waals surface area contributed by atoms with Crippen molar-refractivity contribution in [3.05, 3.63) is 41.5 Å². The van der Waals surface area contributed by atoms with Crippen LogP contribution in [0.3, 0.4) is 0 Å². The first kappa shape index (κ1) is 17.8. The van der Waals surface area contributed by atoms with Gasteiger partial charge >= 0.3 is 0 Å². The molecule has 0 unspecified atom stereocenters. The van der Waals surface area contributed by atoms with Gasteiger partial charge in [0.15, 0.2) is 5.78 Å². The highest BCUT2D eigenvalue weighted by Crippen LogP contribution is 2.13. The fraction of sp³-hybridized carbons (Fsp3) is 0.357. The lowest BCUT2D eigenvalue weighted by Gasteiger charge is -2.15. The van der Waals surface area contributed by atoms with Crippen molar-refractivity contribution in [1.29, 1.82) is 0 Å². The van der Waals surface area contributed by atoms with Gasteiger partial charge in [-0.15, -0.1) is 12.4 Å². The second-order valence-electron chi connectivity index (χ2n) is 4.73. The predicted octanol–water partition coefficient (Wildman–Crippen LogP) is 1.51. The van der Waals surface area contributed by atoms with Crippen molar-refractivity contribution < 1.29 is 13.2 Å². The minimum atomic E-state index is -3.58. The molecule has 0 radical (unpaired) electrons. The number of carbonyl (C=O) groups excluding carboxylic acids is 1. The fourth-order valence-corrected chi connectivity index (χ4v) is 3.07. The second kappa shape index (κ2) is 7.70. The number of nitrogens with one attached hydrogen (secondary N) is 2. The molecule has 0 atom stereocenters. The highest BCUT2D eigenvalue weighted by molar-refractivity contribution is 7.89. The molecular weight excluding hydrogens is 312 g/mol. The molecule has 2 N–H and O–H groups in total. The van der Waals surface area contributed by atoms with Crippen LogP contribution in [0.25, 0.3) is 0 Å². The molecule has 0 saturated heterocycles. The number of carbonyl (C=O) groups is 1. The molecule has 0 fully saturated rings. The van der Waals surface area contributed by atoms with Gasteiger partial charge in [-0.3, -0.25) is 4.79 Å². The number of hydrogen-bond acceptors (Lipinski definition) is 4. The van der Waals surface area contributed by atoms with Crippen molar-refractivity contribution in [3.63, 3.8) is 0 Å². The molecule has 0 amide bonds. The van der Waals surface area contributed by atoms with Crippen LogP contribution in [0.1, 0.15) is 23.7 Å². The number of rotatable bonds is 5. The minimum absolute atomic E-state index is 0. The van der Waals surface area contributed by atoms with Gasteiger partial charge < -0.3 is 5.32 Å². The zero-order valence-corrected chi connectivity index (χ0v) is 13.4. The van der Waals surface area contributed by atoms with E-state index in [0.29, 0.717) is 12.1 Å². The molecular formula is C14H19ClN2O3S. The Hall–Kier alpha value is -1.21. The molecule has 1 aromatic carbocycles. The Labute approximate surface area is 131 Å². The summed E-state index contributed by atoms with van der Waals surface area (Å²) in [6, 6.07) is 6.08. The van der Waals surface area contributed by atoms with Crippen LogP contribution in [-0.4, -0.2) is 33.8 Å². The summed E-state index contributed by atoms with van der Waals surface area (Å²) in [6.45, 7) is 3.37. The van der Waals surface area contributed by atoms with Crippen LogP contribution in [-0.2, 0) is 10.0 Å². The average Bonchev–Trinajstić information content (AvgIpc) is 2.46. The summed E-state index contributed by atoms with van der Waals surface area (Å²) in [6.07, 6.45) is 2.84. The van der Waals surface area contributed by atoms with E-state index in [1.165, 1.54) is 19.1 Å². The summed E-state index contributed by atoms with van der Waals surface area (Å²) in [5.74, 6) is -0.150. The number of sulfonamides is 1. The van der Waals surface area contributed by atoms with Crippen molar-refractivity contribution in [2.45, 2.75) is 18.2 Å². The molecule has 21 heavy (non-hydrogen) atoms. The lowest BCUT2D eigenvalue weighted by atomic mass is 10.1. The molecule has 0 aliphatic carbocycles. The molecule has 0 bridgehead atoms. The zero-order chi connectivity index (χ0) is 14.6. The van der Waals surface area contributed by atoms with Gasteiger partial charge in [-0.1, -0.05) is 23.8 Å². The first-order chi connectivity index (χ1) is 9.49. The quantitative estimate of drug-likeness (QED) is 0.634. The smallest absolute Gasteiger partial charge is 0.240 e. The van der Waals surface area contributed by atoms with Gasteiger partial charge in [-0.25, -0.2) is 13.1 Å². The molecule has 1 heterocycles. The molecule has 0 spiro atoms. The van der Waals surface area contributed by atoms with Crippen LogP contribution in [0, 0.1) is 0 Å². The van der Waals surface area contributed by atoms with Gasteiger partial charge in [0.1, 0.15) is 0 Å².